The zero-order valence-corrected chi connectivity index (χ0v) is 27.2. The van der Waals surface area contributed by atoms with Crippen molar-refractivity contribution in [1.82, 2.24) is 19.9 Å². The van der Waals surface area contributed by atoms with Crippen molar-refractivity contribution in [3.8, 4) is 22.6 Å². The van der Waals surface area contributed by atoms with Crippen molar-refractivity contribution < 1.29 is 23.4 Å². The summed E-state index contributed by atoms with van der Waals surface area (Å²) in [7, 11) is 0. The van der Waals surface area contributed by atoms with Gasteiger partial charge in [-0.1, -0.05) is 32.9 Å². The second kappa shape index (κ2) is 12.7. The van der Waals surface area contributed by atoms with Crippen LogP contribution in [0.5, 0.6) is 11.5 Å². The molecule has 2 aromatic carbocycles. The maximum atomic E-state index is 15.7. The Bertz CT molecular complexity index is 2180. The molecule has 49 heavy (non-hydrogen) atoms. The molecule has 13 heteroatoms. The lowest BCUT2D eigenvalue weighted by molar-refractivity contribution is 0.110. The third-order valence-corrected chi connectivity index (χ3v) is 8.23. The normalized spacial score (nSPS) is 16.4. The van der Waals surface area contributed by atoms with Gasteiger partial charge in [-0.25, -0.2) is 18.6 Å². The first-order chi connectivity index (χ1) is 23.2. The van der Waals surface area contributed by atoms with E-state index in [0.29, 0.717) is 50.5 Å². The summed E-state index contributed by atoms with van der Waals surface area (Å²) in [5.41, 5.74) is 15.6. The molecule has 1 aliphatic heterocycles. The van der Waals surface area contributed by atoms with Gasteiger partial charge in [0.05, 0.1) is 17.2 Å². The van der Waals surface area contributed by atoms with Crippen molar-refractivity contribution in [3.05, 3.63) is 112 Å². The first-order valence-corrected chi connectivity index (χ1v) is 15.5. The molecule has 0 spiro atoms. The van der Waals surface area contributed by atoms with Crippen molar-refractivity contribution in [2.75, 3.05) is 5.32 Å². The van der Waals surface area contributed by atoms with Gasteiger partial charge in [-0.15, -0.1) is 0 Å². The maximum Gasteiger partial charge on any atom is 0.410 e. The zero-order valence-electron chi connectivity index (χ0n) is 27.2. The number of aryl methyl sites for hydroxylation is 1. The molecule has 5 aromatic rings. The minimum Gasteiger partial charge on any atom is -0.465 e. The average molecular weight is 668 g/mol. The summed E-state index contributed by atoms with van der Waals surface area (Å²) >= 11 is 0. The number of carboxylic acid groups (broad SMARTS) is 1. The monoisotopic (exact) mass is 667 g/mol. The van der Waals surface area contributed by atoms with E-state index in [0.717, 1.165) is 4.90 Å². The van der Waals surface area contributed by atoms with Gasteiger partial charge < -0.3 is 31.6 Å². The fraction of sp³-hybridized carbons (Fsp3) is 0.222. The number of rotatable bonds is 6. The molecule has 11 nitrogen and oxygen atoms in total. The number of halogens is 2. The molecule has 0 bridgehead atoms. The van der Waals surface area contributed by atoms with E-state index in [1.807, 2.05) is 20.8 Å². The molecular formula is C36H35F2N7O4. The second-order valence-corrected chi connectivity index (χ2v) is 12.9. The summed E-state index contributed by atoms with van der Waals surface area (Å²) in [6.45, 7) is 7.65. The van der Waals surface area contributed by atoms with Crippen LogP contribution in [0.15, 0.2) is 77.9 Å². The topological polar surface area (TPSA) is 172 Å². The number of benzene rings is 2. The summed E-state index contributed by atoms with van der Waals surface area (Å²) in [6.07, 6.45) is 1.71. The number of pyridine rings is 3. The standard InChI is InChI=1S/C36H35F2N7O4/c1-18-13-23-24(19-5-7-21(37)8-6-19)17-42-33(31(23)34(46)43-18)44-22-9-10-26(25(38)16-22)49-27-11-12-41-32(36(2,3)4)30(27)20-14-28(39)45(35(47)48)29(40)15-20/h5-14,16-17,28-29H,15,39-40H2,1-4H3,(H,42,44)(H,43,46)(H,47,48). The summed E-state index contributed by atoms with van der Waals surface area (Å²) in [4.78, 5) is 37.7. The number of nitrogens with zero attached hydrogens (tertiary/aromatic N) is 3. The minimum atomic E-state index is -1.24. The van der Waals surface area contributed by atoms with Crippen molar-refractivity contribution in [2.45, 2.75) is 51.9 Å². The van der Waals surface area contributed by atoms with E-state index in [9.17, 15) is 19.1 Å². The Morgan fingerprint density at radius 1 is 1.06 bits per heavy atom. The number of carbonyl (C=O) groups is 1. The van der Waals surface area contributed by atoms with Crippen LogP contribution in [-0.2, 0) is 5.41 Å². The Balaban J connectivity index is 1.35. The number of hydrogen-bond donors (Lipinski definition) is 5. The second-order valence-electron chi connectivity index (χ2n) is 12.9. The van der Waals surface area contributed by atoms with E-state index in [2.05, 4.69) is 20.3 Å². The fourth-order valence-electron chi connectivity index (χ4n) is 6.03. The van der Waals surface area contributed by atoms with Crippen molar-refractivity contribution in [3.63, 3.8) is 0 Å². The Labute approximate surface area is 280 Å². The molecule has 2 unspecified atom stereocenters. The quantitative estimate of drug-likeness (QED) is 0.131. The number of fused-ring (bicyclic) bond motifs is 1. The molecule has 4 heterocycles. The van der Waals surface area contributed by atoms with Gasteiger partial charge in [0.15, 0.2) is 11.6 Å². The Morgan fingerprint density at radius 3 is 2.45 bits per heavy atom. The highest BCUT2D eigenvalue weighted by Gasteiger charge is 2.34. The van der Waals surface area contributed by atoms with Gasteiger partial charge in [-0.05, 0) is 60.5 Å². The Kier molecular flexibility index (Phi) is 8.65. The van der Waals surface area contributed by atoms with Crippen molar-refractivity contribution in [1.29, 1.82) is 0 Å². The van der Waals surface area contributed by atoms with Gasteiger partial charge in [0.2, 0.25) is 0 Å². The molecule has 2 atom stereocenters. The number of hydrogen-bond acceptors (Lipinski definition) is 8. The first kappa shape index (κ1) is 33.2. The van der Waals surface area contributed by atoms with Crippen LogP contribution < -0.4 is 27.1 Å². The summed E-state index contributed by atoms with van der Waals surface area (Å²) in [5, 5.41) is 13.5. The summed E-state index contributed by atoms with van der Waals surface area (Å²) < 4.78 is 35.5. The molecule has 1 amide bonds. The molecule has 6 rings (SSSR count). The summed E-state index contributed by atoms with van der Waals surface area (Å²) in [6, 6.07) is 13.6. The van der Waals surface area contributed by atoms with Crippen molar-refractivity contribution in [2.24, 2.45) is 11.5 Å². The molecule has 0 saturated carbocycles. The highest BCUT2D eigenvalue weighted by Crippen LogP contribution is 2.41. The number of nitrogens with one attached hydrogen (secondary N) is 2. The van der Waals surface area contributed by atoms with Gasteiger partial charge in [0, 0.05) is 58.2 Å². The number of ether oxygens (including phenoxy) is 1. The number of aromatic nitrogens is 3. The molecule has 252 valence electrons. The third-order valence-electron chi connectivity index (χ3n) is 8.23. The molecule has 0 saturated heterocycles. The van der Waals surface area contributed by atoms with Crippen LogP contribution >= 0.6 is 0 Å². The predicted octanol–water partition coefficient (Wildman–Crippen LogP) is 6.74. The maximum absolute atomic E-state index is 15.7. The zero-order chi connectivity index (χ0) is 35.2. The van der Waals surface area contributed by atoms with Gasteiger partial charge in [-0.2, -0.15) is 0 Å². The van der Waals surface area contributed by atoms with E-state index in [4.69, 9.17) is 16.2 Å². The number of H-pyrrole nitrogens is 1. The number of amides is 1. The van der Waals surface area contributed by atoms with Gasteiger partial charge in [-0.3, -0.25) is 14.7 Å². The molecule has 0 aliphatic carbocycles. The van der Waals surface area contributed by atoms with E-state index in [1.54, 1.807) is 55.7 Å². The first-order valence-electron chi connectivity index (χ1n) is 15.5. The third kappa shape index (κ3) is 6.58. The number of anilines is 2. The Hall–Kier alpha value is -5.66. The summed E-state index contributed by atoms with van der Waals surface area (Å²) in [5.74, 6) is -0.684. The van der Waals surface area contributed by atoms with E-state index in [1.165, 1.54) is 24.3 Å². The van der Waals surface area contributed by atoms with Crippen LogP contribution in [0.1, 0.15) is 44.1 Å². The van der Waals surface area contributed by atoms with E-state index < -0.39 is 35.2 Å². The lowest BCUT2D eigenvalue weighted by atomic mass is 9.83. The SMILES string of the molecule is Cc1cc2c(-c3ccc(F)cc3)cnc(Nc3ccc(Oc4ccnc(C(C)(C)C)c4C4=CC(N)N(C(=O)O)C(N)C4)c(F)c3)c2c(=O)[nH]1. The lowest BCUT2D eigenvalue weighted by Crippen LogP contribution is -2.56. The molecular weight excluding hydrogens is 632 g/mol. The molecule has 3 aromatic heterocycles. The fourth-order valence-corrected chi connectivity index (χ4v) is 6.03. The average Bonchev–Trinajstić information content (AvgIpc) is 3.01. The van der Waals surface area contributed by atoms with Gasteiger partial charge >= 0.3 is 6.09 Å². The highest BCUT2D eigenvalue weighted by atomic mass is 19.1. The van der Waals surface area contributed by atoms with Crippen LogP contribution in [-0.4, -0.2) is 43.4 Å². The van der Waals surface area contributed by atoms with Crippen LogP contribution in [0, 0.1) is 18.6 Å². The van der Waals surface area contributed by atoms with Gasteiger partial charge in [0.1, 0.15) is 23.6 Å². The predicted molar refractivity (Wildman–Crippen MR) is 184 cm³/mol. The number of aromatic amines is 1. The smallest absolute Gasteiger partial charge is 0.410 e. The lowest BCUT2D eigenvalue weighted by Gasteiger charge is -2.36. The Morgan fingerprint density at radius 2 is 1.80 bits per heavy atom. The van der Waals surface area contributed by atoms with Gasteiger partial charge in [0.25, 0.3) is 5.56 Å². The molecule has 0 radical (unpaired) electrons. The molecule has 1 aliphatic rings. The molecule has 0 fully saturated rings. The van der Waals surface area contributed by atoms with Crippen LogP contribution in [0.3, 0.4) is 0 Å². The number of nitrogens with two attached hydrogens (primary N) is 2. The van der Waals surface area contributed by atoms with Crippen LogP contribution in [0.25, 0.3) is 27.5 Å². The minimum absolute atomic E-state index is 0.0898. The van der Waals surface area contributed by atoms with E-state index >= 15 is 4.39 Å². The van der Waals surface area contributed by atoms with Crippen LogP contribution in [0.4, 0.5) is 25.1 Å². The molecule has 7 N–H and O–H groups in total. The van der Waals surface area contributed by atoms with Crippen molar-refractivity contribution >= 4 is 33.9 Å². The van der Waals surface area contributed by atoms with E-state index in [-0.39, 0.29) is 29.2 Å². The van der Waals surface area contributed by atoms with Crippen LogP contribution in [0.2, 0.25) is 0 Å². The highest BCUT2D eigenvalue weighted by molar-refractivity contribution is 6.02. The largest absolute Gasteiger partial charge is 0.465 e.